The minimum absolute atomic E-state index is 0.000324. The van der Waals surface area contributed by atoms with E-state index in [1.807, 2.05) is 0 Å². The van der Waals surface area contributed by atoms with Gasteiger partial charge in [-0.05, 0) is 25.9 Å². The van der Waals surface area contributed by atoms with Crippen molar-refractivity contribution in [3.05, 3.63) is 0 Å². The maximum absolute atomic E-state index is 5.65. The fraction of sp³-hybridized carbons (Fsp3) is 0.889. The average Bonchev–Trinajstić information content (AvgIpc) is 2.38. The van der Waals surface area contributed by atoms with Crippen LogP contribution in [0.5, 0.6) is 0 Å². The van der Waals surface area contributed by atoms with Gasteiger partial charge >= 0.3 is 0 Å². The van der Waals surface area contributed by atoms with Crippen LogP contribution < -0.4 is 5.73 Å². The molecule has 0 amide bonds. The second-order valence-corrected chi connectivity index (χ2v) is 4.67. The molecule has 1 saturated heterocycles. The van der Waals surface area contributed by atoms with Crippen LogP contribution in [-0.2, 0) is 0 Å². The summed E-state index contributed by atoms with van der Waals surface area (Å²) in [5.41, 5.74) is 5.65. The molecule has 12 heavy (non-hydrogen) atoms. The molecule has 0 unspecified atom stereocenters. The standard InChI is InChI=1S/C9H18N2S/c1-9(2,8(10)12)7-11-5-3-4-6-11/h3-7H2,1-2H3,(H2,10,12). The third-order valence-electron chi connectivity index (χ3n) is 2.48. The Morgan fingerprint density at radius 1 is 1.42 bits per heavy atom. The van der Waals surface area contributed by atoms with Crippen LogP contribution in [0.2, 0.25) is 0 Å². The van der Waals surface area contributed by atoms with E-state index in [9.17, 15) is 0 Å². The molecule has 0 spiro atoms. The Balaban J connectivity index is 2.42. The second-order valence-electron chi connectivity index (χ2n) is 4.23. The Kier molecular flexibility index (Phi) is 3.07. The van der Waals surface area contributed by atoms with Gasteiger partial charge in [0.15, 0.2) is 0 Å². The lowest BCUT2D eigenvalue weighted by atomic mass is 9.93. The van der Waals surface area contributed by atoms with Gasteiger partial charge in [-0.2, -0.15) is 0 Å². The van der Waals surface area contributed by atoms with Crippen molar-refractivity contribution in [3.8, 4) is 0 Å². The predicted molar refractivity (Wildman–Crippen MR) is 56.2 cm³/mol. The molecule has 0 atom stereocenters. The monoisotopic (exact) mass is 186 g/mol. The van der Waals surface area contributed by atoms with E-state index in [4.69, 9.17) is 18.0 Å². The summed E-state index contributed by atoms with van der Waals surface area (Å²) in [5.74, 6) is 0. The lowest BCUT2D eigenvalue weighted by Gasteiger charge is -2.28. The molecular formula is C9H18N2S. The van der Waals surface area contributed by atoms with Crippen molar-refractivity contribution in [2.75, 3.05) is 19.6 Å². The molecule has 0 aromatic carbocycles. The van der Waals surface area contributed by atoms with Crippen LogP contribution >= 0.6 is 12.2 Å². The summed E-state index contributed by atoms with van der Waals surface area (Å²) in [7, 11) is 0. The van der Waals surface area contributed by atoms with Crippen molar-refractivity contribution >= 4 is 17.2 Å². The summed E-state index contributed by atoms with van der Waals surface area (Å²) in [5, 5.41) is 0. The highest BCUT2D eigenvalue weighted by Crippen LogP contribution is 2.20. The normalized spacial score (nSPS) is 19.8. The van der Waals surface area contributed by atoms with E-state index < -0.39 is 0 Å². The smallest absolute Gasteiger partial charge is 0.0797 e. The minimum Gasteiger partial charge on any atom is -0.393 e. The zero-order valence-electron chi connectivity index (χ0n) is 7.97. The number of hydrogen-bond donors (Lipinski definition) is 1. The van der Waals surface area contributed by atoms with Crippen LogP contribution in [0.25, 0.3) is 0 Å². The summed E-state index contributed by atoms with van der Waals surface area (Å²) >= 11 is 5.02. The maximum Gasteiger partial charge on any atom is 0.0797 e. The van der Waals surface area contributed by atoms with E-state index in [2.05, 4.69) is 18.7 Å². The van der Waals surface area contributed by atoms with Crippen molar-refractivity contribution in [1.29, 1.82) is 0 Å². The van der Waals surface area contributed by atoms with Gasteiger partial charge in [-0.15, -0.1) is 0 Å². The highest BCUT2D eigenvalue weighted by atomic mass is 32.1. The first-order valence-electron chi connectivity index (χ1n) is 4.55. The molecule has 0 aromatic heterocycles. The third-order valence-corrected chi connectivity index (χ3v) is 3.04. The average molecular weight is 186 g/mol. The van der Waals surface area contributed by atoms with Crippen molar-refractivity contribution in [1.82, 2.24) is 4.90 Å². The van der Waals surface area contributed by atoms with Gasteiger partial charge in [0.1, 0.15) is 0 Å². The maximum atomic E-state index is 5.65. The number of nitrogens with zero attached hydrogens (tertiary/aromatic N) is 1. The summed E-state index contributed by atoms with van der Waals surface area (Å²) in [6, 6.07) is 0. The molecular weight excluding hydrogens is 168 g/mol. The molecule has 0 radical (unpaired) electrons. The summed E-state index contributed by atoms with van der Waals surface area (Å²) < 4.78 is 0. The Morgan fingerprint density at radius 2 is 1.92 bits per heavy atom. The fourth-order valence-corrected chi connectivity index (χ4v) is 1.64. The van der Waals surface area contributed by atoms with E-state index in [0.717, 1.165) is 6.54 Å². The highest BCUT2D eigenvalue weighted by molar-refractivity contribution is 7.80. The molecule has 1 heterocycles. The van der Waals surface area contributed by atoms with Gasteiger partial charge in [0.2, 0.25) is 0 Å². The van der Waals surface area contributed by atoms with E-state index in [-0.39, 0.29) is 5.41 Å². The largest absolute Gasteiger partial charge is 0.393 e. The SMILES string of the molecule is CC(C)(CN1CCCC1)C(N)=S. The first-order valence-corrected chi connectivity index (χ1v) is 4.95. The lowest BCUT2D eigenvalue weighted by molar-refractivity contribution is 0.266. The van der Waals surface area contributed by atoms with Crippen LogP contribution in [0.1, 0.15) is 26.7 Å². The summed E-state index contributed by atoms with van der Waals surface area (Å²) in [6.07, 6.45) is 2.65. The minimum atomic E-state index is -0.000324. The van der Waals surface area contributed by atoms with Crippen LogP contribution in [0.15, 0.2) is 0 Å². The van der Waals surface area contributed by atoms with Crippen LogP contribution in [0, 0.1) is 5.41 Å². The van der Waals surface area contributed by atoms with Gasteiger partial charge in [-0.25, -0.2) is 0 Å². The van der Waals surface area contributed by atoms with Crippen LogP contribution in [0.3, 0.4) is 0 Å². The van der Waals surface area contributed by atoms with Gasteiger partial charge < -0.3 is 10.6 Å². The first kappa shape index (κ1) is 9.93. The molecule has 0 aliphatic carbocycles. The summed E-state index contributed by atoms with van der Waals surface area (Å²) in [4.78, 5) is 3.08. The molecule has 2 N–H and O–H groups in total. The molecule has 1 aliphatic rings. The molecule has 1 rings (SSSR count). The molecule has 2 nitrogen and oxygen atoms in total. The van der Waals surface area contributed by atoms with Gasteiger partial charge in [-0.3, -0.25) is 0 Å². The lowest BCUT2D eigenvalue weighted by Crippen LogP contribution is -2.40. The first-order chi connectivity index (χ1) is 5.52. The quantitative estimate of drug-likeness (QED) is 0.675. The number of hydrogen-bond acceptors (Lipinski definition) is 2. The fourth-order valence-electron chi connectivity index (χ4n) is 1.58. The van der Waals surface area contributed by atoms with E-state index in [1.54, 1.807) is 0 Å². The van der Waals surface area contributed by atoms with E-state index in [1.165, 1.54) is 25.9 Å². The van der Waals surface area contributed by atoms with Crippen molar-refractivity contribution in [2.24, 2.45) is 11.1 Å². The van der Waals surface area contributed by atoms with Crippen molar-refractivity contribution in [2.45, 2.75) is 26.7 Å². The number of likely N-dealkylation sites (tertiary alicyclic amines) is 1. The highest BCUT2D eigenvalue weighted by Gasteiger charge is 2.25. The topological polar surface area (TPSA) is 29.3 Å². The Morgan fingerprint density at radius 3 is 2.33 bits per heavy atom. The zero-order valence-corrected chi connectivity index (χ0v) is 8.78. The summed E-state index contributed by atoms with van der Waals surface area (Å²) in [6.45, 7) is 7.68. The predicted octanol–water partition coefficient (Wildman–Crippen LogP) is 1.39. The van der Waals surface area contributed by atoms with E-state index >= 15 is 0 Å². The number of nitrogens with two attached hydrogens (primary N) is 1. The Bertz CT molecular complexity index is 171. The molecule has 0 saturated carbocycles. The molecule has 0 aromatic rings. The second kappa shape index (κ2) is 3.71. The van der Waals surface area contributed by atoms with Crippen LogP contribution in [-0.4, -0.2) is 29.5 Å². The molecule has 1 fully saturated rings. The third kappa shape index (κ3) is 2.42. The van der Waals surface area contributed by atoms with Gasteiger partial charge in [-0.1, -0.05) is 26.1 Å². The van der Waals surface area contributed by atoms with Crippen molar-refractivity contribution < 1.29 is 0 Å². The Labute approximate surface area is 80.1 Å². The van der Waals surface area contributed by atoms with E-state index in [0.29, 0.717) is 4.99 Å². The van der Waals surface area contributed by atoms with Gasteiger partial charge in [0.25, 0.3) is 0 Å². The van der Waals surface area contributed by atoms with Gasteiger partial charge in [0.05, 0.1) is 4.99 Å². The molecule has 0 bridgehead atoms. The molecule has 1 aliphatic heterocycles. The molecule has 3 heteroatoms. The number of rotatable bonds is 3. The molecule has 70 valence electrons. The van der Waals surface area contributed by atoms with Crippen molar-refractivity contribution in [3.63, 3.8) is 0 Å². The van der Waals surface area contributed by atoms with Crippen LogP contribution in [0.4, 0.5) is 0 Å². The Hall–Kier alpha value is -0.150. The number of thiocarbonyl (C=S) groups is 1. The van der Waals surface area contributed by atoms with Gasteiger partial charge in [0, 0.05) is 12.0 Å². The zero-order chi connectivity index (χ0) is 9.19.